The molecule has 1 aromatic carbocycles. The van der Waals surface area contributed by atoms with Crippen molar-refractivity contribution in [3.05, 3.63) is 28.2 Å². The van der Waals surface area contributed by atoms with E-state index in [4.69, 9.17) is 5.11 Å². The van der Waals surface area contributed by atoms with E-state index >= 15 is 0 Å². The number of phenolic OH excluding ortho intramolecular Hbond substituents is 1. The summed E-state index contributed by atoms with van der Waals surface area (Å²) in [6.07, 6.45) is 2.66. The van der Waals surface area contributed by atoms with Gasteiger partial charge in [0, 0.05) is 17.6 Å². The van der Waals surface area contributed by atoms with Gasteiger partial charge in [-0.3, -0.25) is 4.79 Å². The van der Waals surface area contributed by atoms with E-state index in [2.05, 4.69) is 28.2 Å². The van der Waals surface area contributed by atoms with Crippen molar-refractivity contribution in [2.45, 2.75) is 26.2 Å². The van der Waals surface area contributed by atoms with Gasteiger partial charge < -0.3 is 15.5 Å². The van der Waals surface area contributed by atoms with Crippen molar-refractivity contribution >= 4 is 21.8 Å². The highest BCUT2D eigenvalue weighted by molar-refractivity contribution is 9.10. The number of benzene rings is 1. The molecule has 0 fully saturated rings. The van der Waals surface area contributed by atoms with Crippen molar-refractivity contribution in [3.8, 4) is 5.75 Å². The minimum atomic E-state index is -0.294. The summed E-state index contributed by atoms with van der Waals surface area (Å²) in [5, 5.41) is 21.4. The molecule has 3 N–H and O–H groups in total. The van der Waals surface area contributed by atoms with Gasteiger partial charge in [-0.1, -0.05) is 29.3 Å². The molecule has 5 heteroatoms. The monoisotopic (exact) mass is 329 g/mol. The van der Waals surface area contributed by atoms with E-state index in [1.165, 1.54) is 6.07 Å². The second-order valence-electron chi connectivity index (χ2n) is 4.54. The number of carbonyl (C=O) groups is 1. The van der Waals surface area contributed by atoms with Crippen LogP contribution in [0, 0.1) is 5.92 Å². The minimum Gasteiger partial charge on any atom is -0.507 e. The van der Waals surface area contributed by atoms with Crippen LogP contribution < -0.4 is 5.32 Å². The average molecular weight is 330 g/mol. The summed E-state index contributed by atoms with van der Waals surface area (Å²) in [6.45, 7) is 2.72. The van der Waals surface area contributed by atoms with Crippen molar-refractivity contribution in [1.29, 1.82) is 0 Å². The highest BCUT2D eigenvalue weighted by atomic mass is 79.9. The number of rotatable bonds is 7. The van der Waals surface area contributed by atoms with Gasteiger partial charge >= 0.3 is 0 Å². The molecule has 0 aliphatic rings. The Hall–Kier alpha value is -1.07. The Kier molecular flexibility index (Phi) is 6.87. The van der Waals surface area contributed by atoms with E-state index < -0.39 is 0 Å². The van der Waals surface area contributed by atoms with Crippen molar-refractivity contribution in [3.63, 3.8) is 0 Å². The molecule has 0 heterocycles. The van der Waals surface area contributed by atoms with Crippen molar-refractivity contribution in [2.24, 2.45) is 5.92 Å². The molecule has 0 spiro atoms. The zero-order valence-electron chi connectivity index (χ0n) is 11.0. The van der Waals surface area contributed by atoms with Gasteiger partial charge in [0.25, 0.3) is 5.91 Å². The maximum Gasteiger partial charge on any atom is 0.255 e. The lowest BCUT2D eigenvalue weighted by atomic mass is 10.00. The first-order valence-corrected chi connectivity index (χ1v) is 7.25. The molecule has 0 saturated heterocycles. The number of hydrogen-bond acceptors (Lipinski definition) is 3. The second-order valence-corrected chi connectivity index (χ2v) is 5.45. The maximum absolute atomic E-state index is 12.0. The third kappa shape index (κ3) is 5.20. The molecule has 1 unspecified atom stereocenters. The van der Waals surface area contributed by atoms with Gasteiger partial charge in [-0.25, -0.2) is 0 Å². The number of carbonyl (C=O) groups excluding carboxylic acids is 1. The van der Waals surface area contributed by atoms with Crippen LogP contribution in [-0.2, 0) is 0 Å². The van der Waals surface area contributed by atoms with Gasteiger partial charge in [-0.05, 0) is 37.0 Å². The molecule has 1 amide bonds. The van der Waals surface area contributed by atoms with Gasteiger partial charge in [0.2, 0.25) is 0 Å². The zero-order valence-corrected chi connectivity index (χ0v) is 12.6. The predicted molar refractivity (Wildman–Crippen MR) is 78.2 cm³/mol. The van der Waals surface area contributed by atoms with E-state index in [1.54, 1.807) is 12.1 Å². The molecule has 4 nitrogen and oxygen atoms in total. The average Bonchev–Trinajstić information content (AvgIpc) is 2.39. The molecule has 0 aromatic heterocycles. The number of amides is 1. The fraction of sp³-hybridized carbons (Fsp3) is 0.500. The molecule has 1 atom stereocenters. The van der Waals surface area contributed by atoms with E-state index in [1.807, 2.05) is 0 Å². The molecular weight excluding hydrogens is 310 g/mol. The first-order valence-electron chi connectivity index (χ1n) is 6.46. The molecule has 0 saturated carbocycles. The largest absolute Gasteiger partial charge is 0.507 e. The van der Waals surface area contributed by atoms with Crippen molar-refractivity contribution < 1.29 is 15.0 Å². The molecule has 106 valence electrons. The molecule has 0 bridgehead atoms. The lowest BCUT2D eigenvalue weighted by molar-refractivity contribution is 0.0940. The summed E-state index contributed by atoms with van der Waals surface area (Å²) >= 11 is 3.27. The van der Waals surface area contributed by atoms with Crippen LogP contribution in [0.15, 0.2) is 22.7 Å². The van der Waals surface area contributed by atoms with Crippen LogP contribution in [0.3, 0.4) is 0 Å². The molecule has 1 aromatic rings. The summed E-state index contributed by atoms with van der Waals surface area (Å²) < 4.78 is 0.746. The summed E-state index contributed by atoms with van der Waals surface area (Å²) in [6, 6.07) is 4.75. The fourth-order valence-electron chi connectivity index (χ4n) is 1.96. The quantitative estimate of drug-likeness (QED) is 0.720. The summed E-state index contributed by atoms with van der Waals surface area (Å²) in [5.74, 6) is -0.0546. The number of hydrogen-bond donors (Lipinski definition) is 3. The first kappa shape index (κ1) is 16.0. The van der Waals surface area contributed by atoms with Gasteiger partial charge in [-0.2, -0.15) is 0 Å². The molecule has 0 aliphatic heterocycles. The Morgan fingerprint density at radius 2 is 2.16 bits per heavy atom. The van der Waals surface area contributed by atoms with Crippen LogP contribution in [0.5, 0.6) is 5.75 Å². The number of aromatic hydroxyl groups is 1. The lowest BCUT2D eigenvalue weighted by Crippen LogP contribution is -2.29. The number of nitrogens with one attached hydrogen (secondary N) is 1. The molecular formula is C14H20BrNO3. The fourth-order valence-corrected chi connectivity index (χ4v) is 2.32. The highest BCUT2D eigenvalue weighted by Crippen LogP contribution is 2.21. The number of aliphatic hydroxyl groups excluding tert-OH is 1. The van der Waals surface area contributed by atoms with E-state index in [0.29, 0.717) is 13.0 Å². The Morgan fingerprint density at radius 3 is 2.79 bits per heavy atom. The molecule has 1 rings (SSSR count). The second kappa shape index (κ2) is 8.17. The number of halogens is 1. The van der Waals surface area contributed by atoms with Gasteiger partial charge in [0.15, 0.2) is 0 Å². The van der Waals surface area contributed by atoms with Gasteiger partial charge in [-0.15, -0.1) is 0 Å². The third-order valence-corrected chi connectivity index (χ3v) is 3.48. The van der Waals surface area contributed by atoms with Crippen molar-refractivity contribution in [2.75, 3.05) is 13.2 Å². The van der Waals surface area contributed by atoms with Gasteiger partial charge in [0.1, 0.15) is 5.75 Å². The predicted octanol–water partition coefficient (Wildman–Crippen LogP) is 2.68. The summed E-state index contributed by atoms with van der Waals surface area (Å²) in [4.78, 5) is 12.0. The Labute approximate surface area is 122 Å². The lowest BCUT2D eigenvalue weighted by Gasteiger charge is -2.16. The minimum absolute atomic E-state index is 0.0325. The summed E-state index contributed by atoms with van der Waals surface area (Å²) in [5.41, 5.74) is 0.258. The number of phenols is 1. The van der Waals surface area contributed by atoms with E-state index in [-0.39, 0.29) is 29.7 Å². The van der Waals surface area contributed by atoms with Crippen molar-refractivity contribution in [1.82, 2.24) is 5.32 Å². The van der Waals surface area contributed by atoms with Gasteiger partial charge in [0.05, 0.1) is 5.56 Å². The highest BCUT2D eigenvalue weighted by Gasteiger charge is 2.14. The van der Waals surface area contributed by atoms with Crippen LogP contribution >= 0.6 is 15.9 Å². The Morgan fingerprint density at radius 1 is 1.42 bits per heavy atom. The first-order chi connectivity index (χ1) is 9.08. The zero-order chi connectivity index (χ0) is 14.3. The smallest absolute Gasteiger partial charge is 0.255 e. The molecule has 0 radical (unpaired) electrons. The van der Waals surface area contributed by atoms with Crippen LogP contribution in [0.2, 0.25) is 0 Å². The van der Waals surface area contributed by atoms with Crippen LogP contribution in [0.1, 0.15) is 36.5 Å². The third-order valence-electron chi connectivity index (χ3n) is 2.99. The topological polar surface area (TPSA) is 69.6 Å². The molecule has 0 aliphatic carbocycles. The van der Waals surface area contributed by atoms with Crippen LogP contribution in [0.25, 0.3) is 0 Å². The Balaban J connectivity index is 2.61. The molecule has 19 heavy (non-hydrogen) atoms. The summed E-state index contributed by atoms with van der Waals surface area (Å²) in [7, 11) is 0. The normalized spacial score (nSPS) is 12.2. The van der Waals surface area contributed by atoms with Crippen LogP contribution in [0.4, 0.5) is 0 Å². The number of aliphatic hydroxyl groups is 1. The maximum atomic E-state index is 12.0. The van der Waals surface area contributed by atoms with Crippen LogP contribution in [-0.4, -0.2) is 29.3 Å². The van der Waals surface area contributed by atoms with E-state index in [0.717, 1.165) is 17.3 Å². The SMILES string of the molecule is CCCC(CCO)CNC(=O)c1cc(Br)ccc1O. The van der Waals surface area contributed by atoms with E-state index in [9.17, 15) is 9.90 Å². The Bertz CT molecular complexity index is 417. The standard InChI is InChI=1S/C14H20BrNO3/c1-2-3-10(6-7-17)9-16-14(19)12-8-11(15)4-5-13(12)18/h4-5,8,10,17-18H,2-3,6-7,9H2,1H3,(H,16,19).